The van der Waals surface area contributed by atoms with Crippen LogP contribution in [0.4, 0.5) is 17.6 Å². The summed E-state index contributed by atoms with van der Waals surface area (Å²) >= 11 is 0. The number of hydrogen-bond donors (Lipinski definition) is 1. The second-order valence-electron chi connectivity index (χ2n) is 8.03. The monoisotopic (exact) mass is 551 g/mol. The average Bonchev–Trinajstić information content (AvgIpc) is 3.30. The zero-order valence-corrected chi connectivity index (χ0v) is 20.7. The lowest BCUT2D eigenvalue weighted by Crippen LogP contribution is -2.26. The summed E-state index contributed by atoms with van der Waals surface area (Å²) in [6, 6.07) is 13.0. The van der Waals surface area contributed by atoms with E-state index < -0.39 is 35.7 Å². The molecule has 200 valence electrons. The van der Waals surface area contributed by atoms with Crippen molar-refractivity contribution in [3.63, 3.8) is 0 Å². The Kier molecular flexibility index (Phi) is 8.89. The van der Waals surface area contributed by atoms with Crippen molar-refractivity contribution in [3.05, 3.63) is 111 Å². The van der Waals surface area contributed by atoms with E-state index in [-0.39, 0.29) is 36.0 Å². The van der Waals surface area contributed by atoms with Gasteiger partial charge in [-0.15, -0.1) is 12.4 Å². The maximum Gasteiger partial charge on any atom is 0.435 e. The summed E-state index contributed by atoms with van der Waals surface area (Å²) in [5, 5.41) is 5.83. The molecule has 0 unspecified atom stereocenters. The number of carbonyl (C=O) groups excluding carboxylic acids is 1. The Morgan fingerprint density at radius 2 is 1.74 bits per heavy atom. The number of rotatable bonds is 8. The van der Waals surface area contributed by atoms with Crippen LogP contribution in [0.2, 0.25) is 0 Å². The van der Waals surface area contributed by atoms with E-state index >= 15 is 0 Å². The molecule has 3 heterocycles. The van der Waals surface area contributed by atoms with Gasteiger partial charge in [-0.1, -0.05) is 30.3 Å². The minimum absolute atomic E-state index is 0. The average molecular weight is 552 g/mol. The largest absolute Gasteiger partial charge is 0.494 e. The SMILES string of the molecule is COc1ccnc(CNC(=O)c2cn(Cc3ccc(Cn4ccccc4=O)cc3)nc2C(F)(F)F)c1F.Cl. The zero-order chi connectivity index (χ0) is 26.6. The molecule has 0 aliphatic heterocycles. The van der Waals surface area contributed by atoms with Gasteiger partial charge in [-0.05, 0) is 17.2 Å². The normalized spacial score (nSPS) is 11.1. The fraction of sp³-hybridized carbons (Fsp3) is 0.200. The lowest BCUT2D eigenvalue weighted by molar-refractivity contribution is -0.141. The van der Waals surface area contributed by atoms with Crippen molar-refractivity contribution in [2.75, 3.05) is 7.11 Å². The van der Waals surface area contributed by atoms with Gasteiger partial charge in [-0.3, -0.25) is 19.3 Å². The van der Waals surface area contributed by atoms with Crippen LogP contribution in [0.1, 0.15) is 32.9 Å². The first-order chi connectivity index (χ1) is 17.7. The third kappa shape index (κ3) is 6.57. The Morgan fingerprint density at radius 1 is 1.05 bits per heavy atom. The van der Waals surface area contributed by atoms with Gasteiger partial charge in [-0.2, -0.15) is 18.3 Å². The maximum atomic E-state index is 14.3. The van der Waals surface area contributed by atoms with E-state index in [1.165, 1.54) is 30.0 Å². The van der Waals surface area contributed by atoms with E-state index in [1.807, 2.05) is 0 Å². The van der Waals surface area contributed by atoms with Crippen LogP contribution in [0.25, 0.3) is 0 Å². The maximum absolute atomic E-state index is 14.3. The molecule has 8 nitrogen and oxygen atoms in total. The summed E-state index contributed by atoms with van der Waals surface area (Å²) < 4.78 is 62.5. The molecule has 0 radical (unpaired) electrons. The van der Waals surface area contributed by atoms with E-state index in [4.69, 9.17) is 4.74 Å². The topological polar surface area (TPSA) is 91.0 Å². The van der Waals surface area contributed by atoms with Crippen molar-refractivity contribution < 1.29 is 27.1 Å². The number of carbonyl (C=O) groups is 1. The first-order valence-electron chi connectivity index (χ1n) is 11.0. The van der Waals surface area contributed by atoms with Crippen molar-refractivity contribution in [3.8, 4) is 5.75 Å². The number of benzene rings is 1. The number of halogens is 5. The number of pyridine rings is 2. The highest BCUT2D eigenvalue weighted by Crippen LogP contribution is 2.31. The molecule has 1 N–H and O–H groups in total. The third-order valence-corrected chi connectivity index (χ3v) is 5.46. The highest BCUT2D eigenvalue weighted by molar-refractivity contribution is 5.95. The molecule has 0 bridgehead atoms. The fourth-order valence-corrected chi connectivity index (χ4v) is 3.61. The van der Waals surface area contributed by atoms with Crippen LogP contribution in [0.3, 0.4) is 0 Å². The number of ether oxygens (including phenoxy) is 1. The molecule has 1 amide bonds. The minimum atomic E-state index is -4.88. The first-order valence-corrected chi connectivity index (χ1v) is 11.0. The number of methoxy groups -OCH3 is 1. The summed E-state index contributed by atoms with van der Waals surface area (Å²) in [5.74, 6) is -2.01. The Bertz CT molecular complexity index is 1470. The van der Waals surface area contributed by atoms with Crippen LogP contribution < -0.4 is 15.6 Å². The first kappa shape index (κ1) is 28.4. The number of nitrogens with zero attached hydrogens (tertiary/aromatic N) is 4. The number of nitrogens with one attached hydrogen (secondary N) is 1. The van der Waals surface area contributed by atoms with Gasteiger partial charge >= 0.3 is 6.18 Å². The Labute approximate surface area is 220 Å². The van der Waals surface area contributed by atoms with Crippen molar-refractivity contribution in [1.29, 1.82) is 0 Å². The molecular weight excluding hydrogens is 530 g/mol. The van der Waals surface area contributed by atoms with Crippen LogP contribution in [-0.4, -0.2) is 32.3 Å². The summed E-state index contributed by atoms with van der Waals surface area (Å²) in [5.41, 5.74) is -0.938. The highest BCUT2D eigenvalue weighted by Gasteiger charge is 2.39. The molecule has 0 fully saturated rings. The summed E-state index contributed by atoms with van der Waals surface area (Å²) in [4.78, 5) is 28.3. The van der Waals surface area contributed by atoms with Gasteiger partial charge < -0.3 is 14.6 Å². The van der Waals surface area contributed by atoms with E-state index in [0.29, 0.717) is 12.1 Å². The number of aromatic nitrogens is 4. The van der Waals surface area contributed by atoms with E-state index in [1.54, 1.807) is 42.6 Å². The number of amides is 1. The van der Waals surface area contributed by atoms with Gasteiger partial charge in [0.2, 0.25) is 0 Å². The van der Waals surface area contributed by atoms with Crippen molar-refractivity contribution in [2.24, 2.45) is 0 Å². The predicted molar refractivity (Wildman–Crippen MR) is 132 cm³/mol. The molecule has 0 spiro atoms. The molecule has 13 heteroatoms. The smallest absolute Gasteiger partial charge is 0.435 e. The molecule has 3 aromatic heterocycles. The molecule has 38 heavy (non-hydrogen) atoms. The van der Waals surface area contributed by atoms with Gasteiger partial charge in [0, 0.05) is 30.7 Å². The van der Waals surface area contributed by atoms with Crippen LogP contribution in [0, 0.1) is 5.82 Å². The molecule has 4 rings (SSSR count). The second-order valence-corrected chi connectivity index (χ2v) is 8.03. The van der Waals surface area contributed by atoms with Crippen molar-refractivity contribution in [2.45, 2.75) is 25.8 Å². The molecule has 0 aliphatic carbocycles. The van der Waals surface area contributed by atoms with E-state index in [0.717, 1.165) is 16.4 Å². The second kappa shape index (κ2) is 11.9. The standard InChI is InChI=1S/C25H21F4N5O3.ClH/c1-37-20-9-10-30-19(22(20)26)12-31-24(36)18-15-34(32-23(18)25(27,28)29)14-17-7-5-16(6-8-17)13-33-11-3-2-4-21(33)35;/h2-11,15H,12-14H2,1H3,(H,31,36);1H. The van der Waals surface area contributed by atoms with Gasteiger partial charge in [-0.25, -0.2) is 4.39 Å². The van der Waals surface area contributed by atoms with Crippen molar-refractivity contribution >= 4 is 18.3 Å². The number of alkyl halides is 3. The van der Waals surface area contributed by atoms with Crippen molar-refractivity contribution in [1.82, 2.24) is 24.6 Å². The fourth-order valence-electron chi connectivity index (χ4n) is 3.61. The van der Waals surface area contributed by atoms with Crippen LogP contribution in [-0.2, 0) is 25.8 Å². The van der Waals surface area contributed by atoms with Gasteiger partial charge in [0.25, 0.3) is 11.5 Å². The predicted octanol–water partition coefficient (Wildman–Crippen LogP) is 4.05. The van der Waals surface area contributed by atoms with Crippen LogP contribution in [0.5, 0.6) is 5.75 Å². The quantitative estimate of drug-likeness (QED) is 0.334. The molecule has 0 atom stereocenters. The molecule has 0 saturated carbocycles. The van der Waals surface area contributed by atoms with Gasteiger partial charge in [0.15, 0.2) is 17.3 Å². The molecule has 0 saturated heterocycles. The third-order valence-electron chi connectivity index (χ3n) is 5.46. The Balaban J connectivity index is 0.00000400. The van der Waals surface area contributed by atoms with E-state index in [9.17, 15) is 27.2 Å². The lowest BCUT2D eigenvalue weighted by Gasteiger charge is -2.09. The highest BCUT2D eigenvalue weighted by atomic mass is 35.5. The molecular formula is C25H22ClF4N5O3. The van der Waals surface area contributed by atoms with Gasteiger partial charge in [0.1, 0.15) is 0 Å². The Morgan fingerprint density at radius 3 is 2.37 bits per heavy atom. The van der Waals surface area contributed by atoms with Crippen LogP contribution in [0.15, 0.2) is 71.9 Å². The molecule has 0 aliphatic rings. The summed E-state index contributed by atoms with van der Waals surface area (Å²) in [6.45, 7) is -0.142. The summed E-state index contributed by atoms with van der Waals surface area (Å²) in [7, 11) is 1.25. The Hall–Kier alpha value is -4.19. The van der Waals surface area contributed by atoms with Gasteiger partial charge in [0.05, 0.1) is 38.0 Å². The van der Waals surface area contributed by atoms with E-state index in [2.05, 4.69) is 15.4 Å². The minimum Gasteiger partial charge on any atom is -0.494 e. The van der Waals surface area contributed by atoms with Crippen LogP contribution >= 0.6 is 12.4 Å². The summed E-state index contributed by atoms with van der Waals surface area (Å²) in [6.07, 6.45) is -0.981. The molecule has 1 aromatic carbocycles. The molecule has 4 aromatic rings. The zero-order valence-electron chi connectivity index (χ0n) is 19.9. The lowest BCUT2D eigenvalue weighted by atomic mass is 10.1. The number of hydrogen-bond acceptors (Lipinski definition) is 5.